The molecule has 2 N–H and O–H groups in total. The standard InChI is InChI=1S/C28H33N3O4/c1-3-31(4-2)26(32)21-11-13-22(14-12-21)28(23-8-5-9-24(18-23)29-27(33)34)15-7-16-30(20-28)19-25-10-6-17-35-25/h5-6,8-14,17-18,29H,3-4,7,15-16,19-20H2,1-2H3,(H,33,34). The van der Waals surface area contributed by atoms with Gasteiger partial charge in [-0.3, -0.25) is 15.0 Å². The number of rotatable bonds is 8. The van der Waals surface area contributed by atoms with E-state index in [9.17, 15) is 14.7 Å². The second kappa shape index (κ2) is 10.8. The number of carbonyl (C=O) groups is 2. The molecule has 3 aromatic rings. The average Bonchev–Trinajstić information content (AvgIpc) is 3.38. The highest BCUT2D eigenvalue weighted by Gasteiger charge is 2.39. The topological polar surface area (TPSA) is 86.0 Å². The first-order valence-corrected chi connectivity index (χ1v) is 12.2. The third-order valence-electron chi connectivity index (χ3n) is 6.93. The van der Waals surface area contributed by atoms with Crippen molar-refractivity contribution >= 4 is 17.7 Å². The van der Waals surface area contributed by atoms with Gasteiger partial charge in [-0.15, -0.1) is 0 Å². The van der Waals surface area contributed by atoms with Crippen LogP contribution in [0.15, 0.2) is 71.3 Å². The predicted molar refractivity (Wildman–Crippen MR) is 136 cm³/mol. The van der Waals surface area contributed by atoms with Gasteiger partial charge < -0.3 is 14.4 Å². The molecule has 1 atom stereocenters. The molecule has 7 heteroatoms. The van der Waals surface area contributed by atoms with Crippen molar-refractivity contribution in [2.24, 2.45) is 0 Å². The van der Waals surface area contributed by atoms with E-state index < -0.39 is 6.09 Å². The van der Waals surface area contributed by atoms with Crippen LogP contribution in [0, 0.1) is 0 Å². The maximum atomic E-state index is 12.9. The predicted octanol–water partition coefficient (Wildman–Crippen LogP) is 5.43. The van der Waals surface area contributed by atoms with E-state index in [1.54, 1.807) is 12.3 Å². The summed E-state index contributed by atoms with van der Waals surface area (Å²) >= 11 is 0. The Bertz CT molecular complexity index is 1140. The van der Waals surface area contributed by atoms with Gasteiger partial charge in [0, 0.05) is 36.3 Å². The summed E-state index contributed by atoms with van der Waals surface area (Å²) in [4.78, 5) is 28.3. The number of piperidine rings is 1. The van der Waals surface area contributed by atoms with E-state index in [0.29, 0.717) is 30.9 Å². The molecule has 0 bridgehead atoms. The van der Waals surface area contributed by atoms with Gasteiger partial charge in [-0.2, -0.15) is 0 Å². The minimum Gasteiger partial charge on any atom is -0.468 e. The van der Waals surface area contributed by atoms with Crippen LogP contribution < -0.4 is 5.32 Å². The molecule has 7 nitrogen and oxygen atoms in total. The van der Waals surface area contributed by atoms with Crippen LogP contribution in [-0.4, -0.2) is 53.1 Å². The Balaban J connectivity index is 1.72. The monoisotopic (exact) mass is 475 g/mol. The Hall–Kier alpha value is -3.58. The van der Waals surface area contributed by atoms with Crippen molar-refractivity contribution in [1.29, 1.82) is 0 Å². The number of anilines is 1. The molecule has 0 spiro atoms. The zero-order chi connectivity index (χ0) is 24.8. The van der Waals surface area contributed by atoms with Gasteiger partial charge in [0.2, 0.25) is 0 Å². The lowest BCUT2D eigenvalue weighted by atomic mass is 9.69. The summed E-state index contributed by atoms with van der Waals surface area (Å²) in [5, 5.41) is 11.7. The minimum atomic E-state index is -1.08. The molecule has 1 aromatic heterocycles. The molecule has 2 amide bonds. The summed E-state index contributed by atoms with van der Waals surface area (Å²) in [6.45, 7) is 7.73. The van der Waals surface area contributed by atoms with Crippen LogP contribution >= 0.6 is 0 Å². The Morgan fingerprint density at radius 3 is 2.49 bits per heavy atom. The van der Waals surface area contributed by atoms with E-state index in [-0.39, 0.29) is 11.3 Å². The van der Waals surface area contributed by atoms with Crippen molar-refractivity contribution in [2.75, 3.05) is 31.5 Å². The smallest absolute Gasteiger partial charge is 0.409 e. The molecule has 1 aliphatic rings. The van der Waals surface area contributed by atoms with E-state index in [0.717, 1.165) is 42.8 Å². The number of carboxylic acid groups (broad SMARTS) is 1. The quantitative estimate of drug-likeness (QED) is 0.453. The van der Waals surface area contributed by atoms with Crippen molar-refractivity contribution in [2.45, 2.75) is 38.6 Å². The minimum absolute atomic E-state index is 0.0337. The number of hydrogen-bond acceptors (Lipinski definition) is 4. The number of likely N-dealkylation sites (tertiary alicyclic amines) is 1. The molecular weight excluding hydrogens is 442 g/mol. The van der Waals surface area contributed by atoms with Crippen LogP contribution in [0.1, 0.15) is 53.9 Å². The molecule has 2 aromatic carbocycles. The highest BCUT2D eigenvalue weighted by atomic mass is 16.4. The van der Waals surface area contributed by atoms with Crippen molar-refractivity contribution in [3.05, 3.63) is 89.4 Å². The highest BCUT2D eigenvalue weighted by Crippen LogP contribution is 2.41. The van der Waals surface area contributed by atoms with Gasteiger partial charge in [-0.25, -0.2) is 4.79 Å². The van der Waals surface area contributed by atoms with Gasteiger partial charge in [0.15, 0.2) is 0 Å². The van der Waals surface area contributed by atoms with Crippen molar-refractivity contribution in [3.8, 4) is 0 Å². The molecule has 0 saturated carbocycles. The summed E-state index contributed by atoms with van der Waals surface area (Å²) < 4.78 is 5.61. The number of furan rings is 1. The SMILES string of the molecule is CCN(CC)C(=O)c1ccc(C2(c3cccc(NC(=O)O)c3)CCCN(Cc3ccco3)C2)cc1. The molecule has 35 heavy (non-hydrogen) atoms. The molecule has 1 aliphatic heterocycles. The zero-order valence-electron chi connectivity index (χ0n) is 20.4. The van der Waals surface area contributed by atoms with Gasteiger partial charge >= 0.3 is 6.09 Å². The Morgan fingerprint density at radius 2 is 1.83 bits per heavy atom. The largest absolute Gasteiger partial charge is 0.468 e. The van der Waals surface area contributed by atoms with Crippen molar-refractivity contribution in [3.63, 3.8) is 0 Å². The van der Waals surface area contributed by atoms with Crippen LogP contribution in [0.3, 0.4) is 0 Å². The molecule has 4 rings (SSSR count). The van der Waals surface area contributed by atoms with Crippen LogP contribution in [0.2, 0.25) is 0 Å². The molecule has 1 fully saturated rings. The molecule has 2 heterocycles. The third-order valence-corrected chi connectivity index (χ3v) is 6.93. The van der Waals surface area contributed by atoms with Crippen LogP contribution in [0.4, 0.5) is 10.5 Å². The number of nitrogens with one attached hydrogen (secondary N) is 1. The van der Waals surface area contributed by atoms with E-state index in [2.05, 4.69) is 28.4 Å². The summed E-state index contributed by atoms with van der Waals surface area (Å²) in [6, 6.07) is 19.5. The van der Waals surface area contributed by atoms with Crippen LogP contribution in [0.5, 0.6) is 0 Å². The van der Waals surface area contributed by atoms with Gasteiger partial charge in [0.1, 0.15) is 5.76 Å². The fourth-order valence-electron chi connectivity index (χ4n) is 5.18. The fourth-order valence-corrected chi connectivity index (χ4v) is 5.18. The lowest BCUT2D eigenvalue weighted by Crippen LogP contribution is -2.46. The Morgan fingerprint density at radius 1 is 1.06 bits per heavy atom. The Kier molecular flexibility index (Phi) is 7.56. The molecule has 184 valence electrons. The maximum absolute atomic E-state index is 12.9. The first kappa shape index (κ1) is 24.5. The summed E-state index contributed by atoms with van der Waals surface area (Å²) in [6.07, 6.45) is 2.51. The van der Waals surface area contributed by atoms with E-state index >= 15 is 0 Å². The summed E-state index contributed by atoms with van der Waals surface area (Å²) in [5.74, 6) is 0.952. The van der Waals surface area contributed by atoms with Gasteiger partial charge in [0.05, 0.1) is 12.8 Å². The van der Waals surface area contributed by atoms with E-state index in [1.807, 2.05) is 55.1 Å². The second-order valence-corrected chi connectivity index (χ2v) is 9.04. The third kappa shape index (κ3) is 5.41. The second-order valence-electron chi connectivity index (χ2n) is 9.04. The highest BCUT2D eigenvalue weighted by molar-refractivity contribution is 5.94. The molecule has 0 aliphatic carbocycles. The van der Waals surface area contributed by atoms with Crippen LogP contribution in [0.25, 0.3) is 0 Å². The van der Waals surface area contributed by atoms with Gasteiger partial charge in [0.25, 0.3) is 5.91 Å². The molecular formula is C28H33N3O4. The molecule has 0 radical (unpaired) electrons. The zero-order valence-corrected chi connectivity index (χ0v) is 20.4. The lowest BCUT2D eigenvalue weighted by Gasteiger charge is -2.44. The number of amides is 2. The number of nitrogens with zero attached hydrogens (tertiary/aromatic N) is 2. The van der Waals surface area contributed by atoms with Gasteiger partial charge in [-0.05, 0) is 80.8 Å². The van der Waals surface area contributed by atoms with E-state index in [4.69, 9.17) is 4.42 Å². The average molecular weight is 476 g/mol. The van der Waals surface area contributed by atoms with Crippen LogP contribution in [-0.2, 0) is 12.0 Å². The normalized spacial score (nSPS) is 18.2. The first-order valence-electron chi connectivity index (χ1n) is 12.2. The lowest BCUT2D eigenvalue weighted by molar-refractivity contribution is 0.0773. The first-order chi connectivity index (χ1) is 16.9. The summed E-state index contributed by atoms with van der Waals surface area (Å²) in [7, 11) is 0. The molecule has 1 saturated heterocycles. The van der Waals surface area contributed by atoms with Crippen molar-refractivity contribution in [1.82, 2.24) is 9.80 Å². The Labute approximate surface area is 206 Å². The number of benzene rings is 2. The van der Waals surface area contributed by atoms with Crippen molar-refractivity contribution < 1.29 is 19.1 Å². The fraction of sp³-hybridized carbons (Fsp3) is 0.357. The number of carbonyl (C=O) groups excluding carboxylic acids is 1. The van der Waals surface area contributed by atoms with E-state index in [1.165, 1.54) is 0 Å². The maximum Gasteiger partial charge on any atom is 0.409 e. The number of hydrogen-bond donors (Lipinski definition) is 2. The molecule has 1 unspecified atom stereocenters. The van der Waals surface area contributed by atoms with Gasteiger partial charge in [-0.1, -0.05) is 24.3 Å². The summed E-state index contributed by atoms with van der Waals surface area (Å²) in [5.41, 5.74) is 3.04.